The average Bonchev–Trinajstić information content (AvgIpc) is 2.75. The molecule has 32 heavy (non-hydrogen) atoms. The first-order valence-corrected chi connectivity index (χ1v) is 11.9. The number of carbonyl (C=O) groups is 2. The summed E-state index contributed by atoms with van der Waals surface area (Å²) in [4.78, 5) is 29.0. The van der Waals surface area contributed by atoms with Crippen LogP contribution in [0.2, 0.25) is 0 Å². The number of hydrogen-bond donors (Lipinski definition) is 0. The van der Waals surface area contributed by atoms with E-state index >= 15 is 0 Å². The molecule has 4 nitrogen and oxygen atoms in total. The maximum atomic E-state index is 11.9. The molecule has 0 amide bonds. The molecule has 5 heteroatoms. The molecule has 0 spiro atoms. The number of ether oxygens (including phenoxy) is 1. The van der Waals surface area contributed by atoms with Crippen LogP contribution in [-0.2, 0) is 31.6 Å². The van der Waals surface area contributed by atoms with Crippen molar-refractivity contribution in [2.24, 2.45) is 0 Å². The fourth-order valence-electron chi connectivity index (χ4n) is 3.26. The summed E-state index contributed by atoms with van der Waals surface area (Å²) in [6.45, 7) is 4.30. The highest BCUT2D eigenvalue weighted by atomic mass is 32.2. The Hall–Kier alpha value is -2.89. The highest BCUT2D eigenvalue weighted by Crippen LogP contribution is 2.31. The Morgan fingerprint density at radius 1 is 0.719 bits per heavy atom. The van der Waals surface area contributed by atoms with Gasteiger partial charge in [-0.2, -0.15) is 0 Å². The molecule has 0 N–H and O–H groups in total. The van der Waals surface area contributed by atoms with Gasteiger partial charge in [-0.05, 0) is 76.3 Å². The van der Waals surface area contributed by atoms with Gasteiger partial charge in [-0.25, -0.2) is 0 Å². The highest BCUT2D eigenvalue weighted by molar-refractivity contribution is 7.97. The van der Waals surface area contributed by atoms with Gasteiger partial charge in [-0.1, -0.05) is 47.5 Å². The van der Waals surface area contributed by atoms with Gasteiger partial charge >= 0.3 is 11.9 Å². The lowest BCUT2D eigenvalue weighted by molar-refractivity contribution is -0.159. The third kappa shape index (κ3) is 6.81. The number of likely N-dealkylation sites (N-methyl/N-ethyl adjacent to an activating group) is 1. The van der Waals surface area contributed by atoms with E-state index in [1.807, 2.05) is 0 Å². The Kier molecular flexibility index (Phi) is 8.26. The van der Waals surface area contributed by atoms with Gasteiger partial charge in [-0.3, -0.25) is 14.5 Å². The van der Waals surface area contributed by atoms with Crippen LogP contribution in [0.5, 0.6) is 0 Å². The third-order valence-corrected chi connectivity index (χ3v) is 7.19. The van der Waals surface area contributed by atoms with Crippen molar-refractivity contribution in [3.63, 3.8) is 0 Å². The molecular weight excluding hydrogens is 418 g/mol. The summed E-state index contributed by atoms with van der Waals surface area (Å²) in [5.74, 6) is -1.00. The van der Waals surface area contributed by atoms with Gasteiger partial charge < -0.3 is 4.74 Å². The van der Waals surface area contributed by atoms with Gasteiger partial charge in [0.2, 0.25) is 0 Å². The predicted molar refractivity (Wildman–Crippen MR) is 129 cm³/mol. The van der Waals surface area contributed by atoms with Crippen LogP contribution in [-0.4, -0.2) is 37.5 Å². The molecule has 0 aliphatic heterocycles. The quantitative estimate of drug-likeness (QED) is 0.278. The van der Waals surface area contributed by atoms with Gasteiger partial charge in [0.1, 0.15) is 0 Å². The highest BCUT2D eigenvalue weighted by Gasteiger charge is 2.28. The largest absolute Gasteiger partial charge is 0.392 e. The van der Waals surface area contributed by atoms with Crippen LogP contribution >= 0.6 is 0 Å². The first-order valence-electron chi connectivity index (χ1n) is 10.7. The summed E-state index contributed by atoms with van der Waals surface area (Å²) >= 11 is 0. The number of carbonyl (C=O) groups excluding carboxylic acids is 2. The Morgan fingerprint density at radius 3 is 1.59 bits per heavy atom. The molecule has 0 aliphatic rings. The summed E-state index contributed by atoms with van der Waals surface area (Å²) in [6.07, 6.45) is 0.720. The van der Waals surface area contributed by atoms with Gasteiger partial charge in [-0.15, -0.1) is 0 Å². The summed E-state index contributed by atoms with van der Waals surface area (Å²) in [5, 5.41) is 0. The average molecular weight is 449 g/mol. The summed E-state index contributed by atoms with van der Waals surface area (Å²) in [6, 6.07) is 25.8. The first-order chi connectivity index (χ1) is 15.3. The summed E-state index contributed by atoms with van der Waals surface area (Å²) in [7, 11) is 3.31. The van der Waals surface area contributed by atoms with Crippen LogP contribution in [0, 0.1) is 13.8 Å². The monoisotopic (exact) mass is 448 g/mol. The van der Waals surface area contributed by atoms with Crippen molar-refractivity contribution in [2.75, 3.05) is 20.6 Å². The van der Waals surface area contributed by atoms with Crippen LogP contribution in [0.1, 0.15) is 23.1 Å². The van der Waals surface area contributed by atoms with Crippen LogP contribution in [0.3, 0.4) is 0 Å². The normalized spacial score (nSPS) is 11.1. The minimum atomic E-state index is -0.518. The number of benzene rings is 3. The molecule has 0 unspecified atom stereocenters. The number of rotatable bonds is 8. The smallest absolute Gasteiger partial charge is 0.327 e. The zero-order valence-corrected chi connectivity index (χ0v) is 19.9. The molecule has 0 radical (unpaired) electrons. The van der Waals surface area contributed by atoms with E-state index < -0.39 is 11.9 Å². The molecule has 0 fully saturated rings. The molecule has 3 aromatic rings. The lowest BCUT2D eigenvalue weighted by Crippen LogP contribution is -2.25. The van der Waals surface area contributed by atoms with Crippen molar-refractivity contribution in [3.8, 4) is 0 Å². The zero-order chi connectivity index (χ0) is 23.1. The molecule has 0 aromatic heterocycles. The van der Waals surface area contributed by atoms with Crippen molar-refractivity contribution in [1.82, 2.24) is 4.90 Å². The van der Waals surface area contributed by atoms with Gasteiger partial charge in [0, 0.05) is 0 Å². The van der Waals surface area contributed by atoms with Crippen LogP contribution in [0.4, 0.5) is 0 Å². The Bertz CT molecular complexity index is 996. The predicted octanol–water partition coefficient (Wildman–Crippen LogP) is 4.96. The zero-order valence-electron chi connectivity index (χ0n) is 19.1. The number of aryl methyl sites for hydroxylation is 3. The third-order valence-electron chi connectivity index (χ3n) is 4.96. The Balaban J connectivity index is 1.73. The van der Waals surface area contributed by atoms with Crippen LogP contribution in [0.15, 0.2) is 87.5 Å². The van der Waals surface area contributed by atoms with Gasteiger partial charge in [0.25, 0.3) is 0 Å². The first kappa shape index (κ1) is 23.8. The maximum absolute atomic E-state index is 11.9. The standard InChI is InChI=1S/C27H30NO3S/c1-20-5-12-23(13-6-20)32(24-14-7-21(2)8-15-24)25-16-9-22(10-17-25)11-18-26(29)31-27(30)19-28(3)4/h5-10,12-17H,11,18-19H2,1-4H3/q+1. The molecule has 0 atom stereocenters. The summed E-state index contributed by atoms with van der Waals surface area (Å²) < 4.78 is 4.86. The van der Waals surface area contributed by atoms with E-state index in [4.69, 9.17) is 4.74 Å². The Labute approximate surface area is 193 Å². The van der Waals surface area contributed by atoms with Gasteiger partial charge in [0.05, 0.1) is 23.9 Å². The number of esters is 2. The molecule has 0 heterocycles. The van der Waals surface area contributed by atoms with Gasteiger partial charge in [0.15, 0.2) is 14.7 Å². The SMILES string of the molecule is Cc1ccc([S+](c2ccc(C)cc2)c2ccc(CCC(=O)OC(=O)CN(C)C)cc2)cc1. The molecular formula is C27H30NO3S+. The number of nitrogens with zero attached hydrogens (tertiary/aromatic N) is 1. The topological polar surface area (TPSA) is 46.6 Å². The fourth-order valence-corrected chi connectivity index (χ4v) is 5.31. The minimum absolute atomic E-state index is 0.0980. The van der Waals surface area contributed by atoms with E-state index in [1.54, 1.807) is 19.0 Å². The van der Waals surface area contributed by atoms with Crippen molar-refractivity contribution in [2.45, 2.75) is 41.4 Å². The van der Waals surface area contributed by atoms with Crippen LogP contribution < -0.4 is 0 Å². The number of hydrogen-bond acceptors (Lipinski definition) is 4. The van der Waals surface area contributed by atoms with Crippen molar-refractivity contribution >= 4 is 22.8 Å². The lowest BCUT2D eigenvalue weighted by Gasteiger charge is -2.10. The van der Waals surface area contributed by atoms with E-state index in [0.717, 1.165) is 5.56 Å². The Morgan fingerprint density at radius 2 is 1.16 bits per heavy atom. The van der Waals surface area contributed by atoms with E-state index in [1.165, 1.54) is 25.8 Å². The molecule has 0 saturated heterocycles. The molecule has 0 aliphatic carbocycles. The molecule has 3 aromatic carbocycles. The van der Waals surface area contributed by atoms with Crippen LogP contribution in [0.25, 0.3) is 0 Å². The van der Waals surface area contributed by atoms with Crippen molar-refractivity contribution in [1.29, 1.82) is 0 Å². The molecule has 0 bridgehead atoms. The van der Waals surface area contributed by atoms with Crippen molar-refractivity contribution < 1.29 is 14.3 Å². The molecule has 0 saturated carbocycles. The molecule has 3 rings (SSSR count). The van der Waals surface area contributed by atoms with E-state index in [0.29, 0.717) is 6.42 Å². The second-order valence-electron chi connectivity index (χ2n) is 8.16. The summed E-state index contributed by atoms with van der Waals surface area (Å²) in [5.41, 5.74) is 3.53. The van der Waals surface area contributed by atoms with E-state index in [9.17, 15) is 9.59 Å². The lowest BCUT2D eigenvalue weighted by atomic mass is 10.1. The van der Waals surface area contributed by atoms with E-state index in [-0.39, 0.29) is 23.9 Å². The fraction of sp³-hybridized carbons (Fsp3) is 0.259. The molecule has 166 valence electrons. The maximum Gasteiger partial charge on any atom is 0.327 e. The van der Waals surface area contributed by atoms with E-state index in [2.05, 4.69) is 86.6 Å². The second-order valence-corrected chi connectivity index (χ2v) is 10.2. The second kappa shape index (κ2) is 11.1. The van der Waals surface area contributed by atoms with Crippen molar-refractivity contribution in [3.05, 3.63) is 89.5 Å². The minimum Gasteiger partial charge on any atom is -0.392 e.